The molecule has 0 unspecified atom stereocenters. The quantitative estimate of drug-likeness (QED) is 0.880. The lowest BCUT2D eigenvalue weighted by Crippen LogP contribution is -2.04. The molecule has 0 saturated heterocycles. The summed E-state index contributed by atoms with van der Waals surface area (Å²) in [6.45, 7) is 5.14. The second-order valence-corrected chi connectivity index (χ2v) is 4.75. The first-order valence-electron chi connectivity index (χ1n) is 5.42. The van der Waals surface area contributed by atoms with Crippen LogP contribution < -0.4 is 5.32 Å². The third kappa shape index (κ3) is 2.58. The predicted octanol–water partition coefficient (Wildman–Crippen LogP) is 3.34. The van der Waals surface area contributed by atoms with Crippen LogP contribution in [0.15, 0.2) is 23.7 Å². The maximum Gasteiger partial charge on any atom is 0.223 e. The monoisotopic (exact) mass is 233 g/mol. The lowest BCUT2D eigenvalue weighted by Gasteiger charge is -2.03. The molecule has 0 amide bonds. The van der Waals surface area contributed by atoms with Crippen LogP contribution in [0.5, 0.6) is 0 Å². The van der Waals surface area contributed by atoms with Gasteiger partial charge in [0.2, 0.25) is 5.95 Å². The van der Waals surface area contributed by atoms with Gasteiger partial charge in [0.15, 0.2) is 0 Å². The Morgan fingerprint density at radius 2 is 2.31 bits per heavy atom. The minimum Gasteiger partial charge on any atom is -0.354 e. The summed E-state index contributed by atoms with van der Waals surface area (Å²) in [5, 5.41) is 5.32. The number of hydrogen-bond donors (Lipinski definition) is 1. The standard InChI is InChI=1S/C12H15N3S/c1-3-5-13-12-14-6-4-11(15-12)10-7-9(2)16-8-10/h4,6-8H,3,5H2,1-2H3,(H,13,14,15). The first-order chi connectivity index (χ1) is 7.79. The average Bonchev–Trinajstić information content (AvgIpc) is 2.74. The fourth-order valence-corrected chi connectivity index (χ4v) is 2.12. The Labute approximate surface area is 99.6 Å². The van der Waals surface area contributed by atoms with Gasteiger partial charge in [-0.1, -0.05) is 6.92 Å². The molecule has 0 aliphatic carbocycles. The topological polar surface area (TPSA) is 37.8 Å². The van der Waals surface area contributed by atoms with E-state index in [-0.39, 0.29) is 0 Å². The van der Waals surface area contributed by atoms with Crippen LogP contribution in [-0.4, -0.2) is 16.5 Å². The van der Waals surface area contributed by atoms with Gasteiger partial charge in [0, 0.05) is 28.6 Å². The Kier molecular flexibility index (Phi) is 3.51. The maximum atomic E-state index is 4.48. The highest BCUT2D eigenvalue weighted by atomic mass is 32.1. The van der Waals surface area contributed by atoms with Gasteiger partial charge in [0.25, 0.3) is 0 Å². The van der Waals surface area contributed by atoms with Gasteiger partial charge in [0.05, 0.1) is 5.69 Å². The molecular formula is C12H15N3S. The minimum absolute atomic E-state index is 0.711. The molecule has 2 aromatic heterocycles. The molecule has 3 nitrogen and oxygen atoms in total. The lowest BCUT2D eigenvalue weighted by molar-refractivity contribution is 0.953. The lowest BCUT2D eigenvalue weighted by atomic mass is 10.2. The van der Waals surface area contributed by atoms with E-state index in [0.29, 0.717) is 5.95 Å². The van der Waals surface area contributed by atoms with Crippen molar-refractivity contribution in [3.8, 4) is 11.3 Å². The average molecular weight is 233 g/mol. The SMILES string of the molecule is CCCNc1nccc(-c2csc(C)c2)n1. The zero-order chi connectivity index (χ0) is 11.4. The van der Waals surface area contributed by atoms with Crippen LogP contribution in [0, 0.1) is 6.92 Å². The van der Waals surface area contributed by atoms with Gasteiger partial charge in [-0.15, -0.1) is 11.3 Å². The highest BCUT2D eigenvalue weighted by molar-refractivity contribution is 7.10. The van der Waals surface area contributed by atoms with Crippen molar-refractivity contribution < 1.29 is 0 Å². The number of rotatable bonds is 4. The molecule has 2 heterocycles. The number of hydrogen-bond acceptors (Lipinski definition) is 4. The van der Waals surface area contributed by atoms with Crippen LogP contribution in [-0.2, 0) is 0 Å². The zero-order valence-corrected chi connectivity index (χ0v) is 10.3. The van der Waals surface area contributed by atoms with Gasteiger partial charge in [-0.05, 0) is 25.5 Å². The number of nitrogens with one attached hydrogen (secondary N) is 1. The summed E-state index contributed by atoms with van der Waals surface area (Å²) in [6.07, 6.45) is 2.87. The molecule has 0 aliphatic heterocycles. The van der Waals surface area contributed by atoms with Crippen LogP contribution in [0.3, 0.4) is 0 Å². The molecule has 0 spiro atoms. The Balaban J connectivity index is 2.22. The van der Waals surface area contributed by atoms with Crippen molar-refractivity contribution in [2.45, 2.75) is 20.3 Å². The van der Waals surface area contributed by atoms with Crippen LogP contribution >= 0.6 is 11.3 Å². The molecule has 0 saturated carbocycles. The third-order valence-corrected chi connectivity index (χ3v) is 3.08. The first kappa shape index (κ1) is 11.1. The minimum atomic E-state index is 0.711. The number of aromatic nitrogens is 2. The molecule has 2 aromatic rings. The largest absolute Gasteiger partial charge is 0.354 e. The summed E-state index contributed by atoms with van der Waals surface area (Å²) in [7, 11) is 0. The highest BCUT2D eigenvalue weighted by Gasteiger charge is 2.03. The normalized spacial score (nSPS) is 10.4. The van der Waals surface area contributed by atoms with Crippen molar-refractivity contribution >= 4 is 17.3 Å². The molecule has 0 aliphatic rings. The van der Waals surface area contributed by atoms with Gasteiger partial charge in [-0.3, -0.25) is 0 Å². The van der Waals surface area contributed by atoms with Crippen molar-refractivity contribution in [2.24, 2.45) is 0 Å². The van der Waals surface area contributed by atoms with Gasteiger partial charge in [-0.2, -0.15) is 0 Å². The molecule has 16 heavy (non-hydrogen) atoms. The Hall–Kier alpha value is -1.42. The molecule has 4 heteroatoms. The maximum absolute atomic E-state index is 4.48. The number of thiophene rings is 1. The third-order valence-electron chi connectivity index (χ3n) is 2.22. The molecular weight excluding hydrogens is 218 g/mol. The van der Waals surface area contributed by atoms with E-state index in [2.05, 4.69) is 40.6 Å². The molecule has 0 aromatic carbocycles. The van der Waals surface area contributed by atoms with E-state index >= 15 is 0 Å². The van der Waals surface area contributed by atoms with Crippen molar-refractivity contribution in [3.05, 3.63) is 28.6 Å². The van der Waals surface area contributed by atoms with Crippen LogP contribution in [0.4, 0.5) is 5.95 Å². The zero-order valence-electron chi connectivity index (χ0n) is 9.53. The van der Waals surface area contributed by atoms with Gasteiger partial charge < -0.3 is 5.32 Å². The van der Waals surface area contributed by atoms with Gasteiger partial charge in [0.1, 0.15) is 0 Å². The fourth-order valence-electron chi connectivity index (χ4n) is 1.42. The van der Waals surface area contributed by atoms with E-state index in [9.17, 15) is 0 Å². The summed E-state index contributed by atoms with van der Waals surface area (Å²) in [4.78, 5) is 9.97. The number of nitrogens with zero attached hydrogens (tertiary/aromatic N) is 2. The van der Waals surface area contributed by atoms with Gasteiger partial charge >= 0.3 is 0 Å². The number of aryl methyl sites for hydroxylation is 1. The molecule has 0 fully saturated rings. The van der Waals surface area contributed by atoms with Crippen LogP contribution in [0.25, 0.3) is 11.3 Å². The fraction of sp³-hybridized carbons (Fsp3) is 0.333. The summed E-state index contributed by atoms with van der Waals surface area (Å²) in [5.74, 6) is 0.711. The molecule has 1 N–H and O–H groups in total. The molecule has 84 valence electrons. The summed E-state index contributed by atoms with van der Waals surface area (Å²) in [6, 6.07) is 4.09. The molecule has 0 radical (unpaired) electrons. The van der Waals surface area contributed by atoms with Crippen molar-refractivity contribution in [1.82, 2.24) is 9.97 Å². The first-order valence-corrected chi connectivity index (χ1v) is 6.30. The summed E-state index contributed by atoms with van der Waals surface area (Å²) < 4.78 is 0. The van der Waals surface area contributed by atoms with Crippen molar-refractivity contribution in [2.75, 3.05) is 11.9 Å². The predicted molar refractivity (Wildman–Crippen MR) is 68.9 cm³/mol. The van der Waals surface area contributed by atoms with E-state index in [0.717, 1.165) is 18.7 Å². The van der Waals surface area contributed by atoms with E-state index in [1.54, 1.807) is 17.5 Å². The van der Waals surface area contributed by atoms with Crippen molar-refractivity contribution in [3.63, 3.8) is 0 Å². The van der Waals surface area contributed by atoms with Crippen molar-refractivity contribution in [1.29, 1.82) is 0 Å². The molecule has 0 bridgehead atoms. The van der Waals surface area contributed by atoms with E-state index in [4.69, 9.17) is 0 Å². The second kappa shape index (κ2) is 5.07. The molecule has 0 atom stereocenters. The van der Waals surface area contributed by atoms with Gasteiger partial charge in [-0.25, -0.2) is 9.97 Å². The van der Waals surface area contributed by atoms with E-state index in [1.165, 1.54) is 10.4 Å². The van der Waals surface area contributed by atoms with E-state index in [1.807, 2.05) is 6.07 Å². The Morgan fingerprint density at radius 1 is 1.44 bits per heavy atom. The van der Waals surface area contributed by atoms with Crippen LogP contribution in [0.1, 0.15) is 18.2 Å². The molecule has 2 rings (SSSR count). The van der Waals surface area contributed by atoms with E-state index < -0.39 is 0 Å². The number of anilines is 1. The highest BCUT2D eigenvalue weighted by Crippen LogP contribution is 2.23. The summed E-state index contributed by atoms with van der Waals surface area (Å²) >= 11 is 1.74. The summed E-state index contributed by atoms with van der Waals surface area (Å²) in [5.41, 5.74) is 2.16. The Bertz CT molecular complexity index is 465. The Morgan fingerprint density at radius 3 is 3.00 bits per heavy atom. The second-order valence-electron chi connectivity index (χ2n) is 3.64. The smallest absolute Gasteiger partial charge is 0.223 e. The van der Waals surface area contributed by atoms with Crippen LogP contribution in [0.2, 0.25) is 0 Å².